The monoisotopic (exact) mass is 219 g/mol. The molecule has 0 aliphatic carbocycles. The number of benzene rings is 1. The van der Waals surface area contributed by atoms with Gasteiger partial charge in [-0.3, -0.25) is 4.99 Å². The van der Waals surface area contributed by atoms with Gasteiger partial charge in [-0.1, -0.05) is 0 Å². The van der Waals surface area contributed by atoms with Gasteiger partial charge in [0.2, 0.25) is 0 Å². The zero-order chi connectivity index (χ0) is 11.0. The minimum absolute atomic E-state index is 0.142. The maximum atomic E-state index is 5.80. The van der Waals surface area contributed by atoms with Crippen LogP contribution in [0.25, 0.3) is 0 Å². The van der Waals surface area contributed by atoms with Gasteiger partial charge in [0.15, 0.2) is 17.6 Å². The maximum absolute atomic E-state index is 5.80. The average molecular weight is 219 g/mol. The van der Waals surface area contributed by atoms with Crippen LogP contribution >= 0.6 is 0 Å². The molecule has 0 saturated heterocycles. The van der Waals surface area contributed by atoms with Crippen molar-refractivity contribution in [2.75, 3.05) is 25.4 Å². The van der Waals surface area contributed by atoms with Crippen molar-refractivity contribution in [2.45, 2.75) is 6.10 Å². The molecule has 0 fully saturated rings. The van der Waals surface area contributed by atoms with E-state index in [1.807, 2.05) is 6.07 Å². The number of rotatable bonds is 1. The molecule has 1 unspecified atom stereocenters. The van der Waals surface area contributed by atoms with Crippen molar-refractivity contribution in [2.24, 2.45) is 4.99 Å². The minimum atomic E-state index is -0.142. The lowest BCUT2D eigenvalue weighted by Gasteiger charge is -2.26. The van der Waals surface area contributed by atoms with E-state index < -0.39 is 0 Å². The van der Waals surface area contributed by atoms with Crippen molar-refractivity contribution in [3.8, 4) is 11.5 Å². The first kappa shape index (κ1) is 9.33. The molecule has 0 radical (unpaired) electrons. The second-order valence-corrected chi connectivity index (χ2v) is 3.82. The van der Waals surface area contributed by atoms with E-state index in [2.05, 4.69) is 10.3 Å². The summed E-state index contributed by atoms with van der Waals surface area (Å²) in [5.74, 6) is 2.30. The van der Waals surface area contributed by atoms with Crippen LogP contribution in [0, 0.1) is 0 Å². The quantitative estimate of drug-likeness (QED) is 0.671. The Balaban J connectivity index is 1.85. The Hall–Kier alpha value is -1.91. The van der Waals surface area contributed by atoms with E-state index in [4.69, 9.17) is 15.2 Å². The summed E-state index contributed by atoms with van der Waals surface area (Å²) in [7, 11) is 0. The molecular weight excluding hydrogens is 206 g/mol. The molecule has 0 spiro atoms. The summed E-state index contributed by atoms with van der Waals surface area (Å²) >= 11 is 0. The highest BCUT2D eigenvalue weighted by molar-refractivity contribution is 5.88. The first-order valence-electron chi connectivity index (χ1n) is 5.30. The first-order chi connectivity index (χ1) is 7.83. The highest BCUT2D eigenvalue weighted by atomic mass is 16.6. The Kier molecular flexibility index (Phi) is 2.09. The molecule has 84 valence electrons. The summed E-state index contributed by atoms with van der Waals surface area (Å²) in [4.78, 5) is 4.32. The Labute approximate surface area is 93.3 Å². The fourth-order valence-electron chi connectivity index (χ4n) is 1.86. The number of nitrogen functional groups attached to an aromatic ring is 1. The van der Waals surface area contributed by atoms with Gasteiger partial charge in [0, 0.05) is 18.3 Å². The van der Waals surface area contributed by atoms with Gasteiger partial charge in [-0.25, -0.2) is 0 Å². The molecule has 1 atom stereocenters. The number of hydrogen-bond donors (Lipinski definition) is 2. The number of amidine groups is 1. The summed E-state index contributed by atoms with van der Waals surface area (Å²) in [6.45, 7) is 2.17. The summed E-state index contributed by atoms with van der Waals surface area (Å²) in [5.41, 5.74) is 6.37. The van der Waals surface area contributed by atoms with Crippen LogP contribution in [-0.4, -0.2) is 31.6 Å². The van der Waals surface area contributed by atoms with Crippen molar-refractivity contribution in [3.63, 3.8) is 0 Å². The van der Waals surface area contributed by atoms with Crippen LogP contribution in [0.1, 0.15) is 0 Å². The number of nitrogens with one attached hydrogen (secondary N) is 1. The third kappa shape index (κ3) is 1.54. The molecule has 2 aliphatic heterocycles. The van der Waals surface area contributed by atoms with Gasteiger partial charge in [0.25, 0.3) is 0 Å². The molecular formula is C11H13N3O2. The van der Waals surface area contributed by atoms with Crippen LogP contribution in [0.15, 0.2) is 23.2 Å². The van der Waals surface area contributed by atoms with E-state index in [0.717, 1.165) is 24.7 Å². The van der Waals surface area contributed by atoms with Gasteiger partial charge in [-0.15, -0.1) is 0 Å². The van der Waals surface area contributed by atoms with Gasteiger partial charge < -0.3 is 20.5 Å². The second-order valence-electron chi connectivity index (χ2n) is 3.82. The van der Waals surface area contributed by atoms with Crippen LogP contribution in [-0.2, 0) is 0 Å². The van der Waals surface area contributed by atoms with Crippen LogP contribution in [0.5, 0.6) is 11.5 Å². The molecule has 1 aromatic rings. The third-order valence-corrected chi connectivity index (χ3v) is 2.63. The smallest absolute Gasteiger partial charge is 0.189 e. The predicted octanol–water partition coefficient (Wildman–Crippen LogP) is 0.410. The van der Waals surface area contributed by atoms with E-state index in [-0.39, 0.29) is 6.10 Å². The predicted molar refractivity (Wildman–Crippen MR) is 61.1 cm³/mol. The van der Waals surface area contributed by atoms with Gasteiger partial charge in [-0.2, -0.15) is 0 Å². The lowest BCUT2D eigenvalue weighted by molar-refractivity contribution is 0.133. The number of aliphatic imine (C=N–C) groups is 1. The molecule has 5 nitrogen and oxygen atoms in total. The fourth-order valence-corrected chi connectivity index (χ4v) is 1.86. The van der Waals surface area contributed by atoms with Crippen molar-refractivity contribution in [1.29, 1.82) is 0 Å². The molecule has 5 heteroatoms. The molecule has 3 rings (SSSR count). The number of ether oxygens (including phenoxy) is 2. The topological polar surface area (TPSA) is 68.9 Å². The zero-order valence-corrected chi connectivity index (χ0v) is 8.77. The van der Waals surface area contributed by atoms with Gasteiger partial charge in [0.05, 0.1) is 6.54 Å². The van der Waals surface area contributed by atoms with Crippen molar-refractivity contribution < 1.29 is 9.47 Å². The third-order valence-electron chi connectivity index (χ3n) is 2.63. The number of anilines is 1. The lowest BCUT2D eigenvalue weighted by Crippen LogP contribution is -2.42. The van der Waals surface area contributed by atoms with E-state index in [9.17, 15) is 0 Å². The molecule has 1 aromatic carbocycles. The van der Waals surface area contributed by atoms with Gasteiger partial charge in [0.1, 0.15) is 12.4 Å². The van der Waals surface area contributed by atoms with Crippen molar-refractivity contribution in [3.05, 3.63) is 18.2 Å². The van der Waals surface area contributed by atoms with E-state index in [1.165, 1.54) is 0 Å². The minimum Gasteiger partial charge on any atom is -0.485 e. The molecule has 2 aliphatic rings. The highest BCUT2D eigenvalue weighted by Crippen LogP contribution is 2.33. The van der Waals surface area contributed by atoms with E-state index in [1.54, 1.807) is 12.1 Å². The molecule has 0 saturated carbocycles. The maximum Gasteiger partial charge on any atom is 0.189 e. The van der Waals surface area contributed by atoms with Crippen LogP contribution in [0.4, 0.5) is 5.69 Å². The molecule has 0 bridgehead atoms. The van der Waals surface area contributed by atoms with Gasteiger partial charge >= 0.3 is 0 Å². The van der Waals surface area contributed by atoms with Crippen LogP contribution in [0.3, 0.4) is 0 Å². The normalized spacial score (nSPS) is 22.5. The summed E-state index contributed by atoms with van der Waals surface area (Å²) in [5, 5.41) is 3.19. The fraction of sp³-hybridized carbons (Fsp3) is 0.364. The molecule has 0 amide bonds. The Morgan fingerprint density at radius 2 is 2.31 bits per heavy atom. The Morgan fingerprint density at radius 3 is 3.12 bits per heavy atom. The van der Waals surface area contributed by atoms with Crippen LogP contribution in [0.2, 0.25) is 0 Å². The zero-order valence-electron chi connectivity index (χ0n) is 8.77. The first-order valence-corrected chi connectivity index (χ1v) is 5.30. The number of fused-ring (bicyclic) bond motifs is 1. The van der Waals surface area contributed by atoms with E-state index >= 15 is 0 Å². The van der Waals surface area contributed by atoms with Crippen LogP contribution < -0.4 is 20.5 Å². The number of hydrogen-bond acceptors (Lipinski definition) is 5. The number of nitrogens with two attached hydrogens (primary N) is 1. The molecule has 3 N–H and O–H groups in total. The second kappa shape index (κ2) is 3.59. The number of nitrogens with zero attached hydrogens (tertiary/aromatic N) is 1. The van der Waals surface area contributed by atoms with Crippen molar-refractivity contribution >= 4 is 11.5 Å². The molecule has 2 heterocycles. The summed E-state index contributed by atoms with van der Waals surface area (Å²) in [6.07, 6.45) is -0.142. The van der Waals surface area contributed by atoms with Gasteiger partial charge in [-0.05, 0) is 12.1 Å². The summed E-state index contributed by atoms with van der Waals surface area (Å²) in [6, 6.07) is 5.40. The average Bonchev–Trinajstić information content (AvgIpc) is 2.81. The largest absolute Gasteiger partial charge is 0.485 e. The molecule has 16 heavy (non-hydrogen) atoms. The Bertz CT molecular complexity index is 445. The highest BCUT2D eigenvalue weighted by Gasteiger charge is 2.27. The standard InChI is InChI=1S/C11H13N3O2/c12-7-1-2-8-9(5-7)16-10(6-15-8)11-13-3-4-14-11/h1-2,5,10H,3-4,6,12H2,(H,13,14). The van der Waals surface area contributed by atoms with E-state index in [0.29, 0.717) is 18.0 Å². The summed E-state index contributed by atoms with van der Waals surface area (Å²) < 4.78 is 11.4. The van der Waals surface area contributed by atoms with Crippen molar-refractivity contribution in [1.82, 2.24) is 5.32 Å². The SMILES string of the molecule is Nc1ccc2c(c1)OC(C1=NCCN1)CO2. The Morgan fingerprint density at radius 1 is 1.38 bits per heavy atom. The molecule has 0 aromatic heterocycles. The lowest BCUT2D eigenvalue weighted by atomic mass is 10.2.